The molecule has 1 unspecified atom stereocenters. The van der Waals surface area contributed by atoms with Gasteiger partial charge >= 0.3 is 0 Å². The molecular weight excluding hydrogens is 244 g/mol. The van der Waals surface area contributed by atoms with Crippen molar-refractivity contribution in [3.63, 3.8) is 0 Å². The minimum absolute atomic E-state index is 0.204. The van der Waals surface area contributed by atoms with Gasteiger partial charge in [0.15, 0.2) is 0 Å². The fourth-order valence-electron chi connectivity index (χ4n) is 3.84. The van der Waals surface area contributed by atoms with Crippen molar-refractivity contribution in [3.05, 3.63) is 0 Å². The zero-order valence-corrected chi connectivity index (χ0v) is 12.9. The molecule has 0 amide bonds. The first-order valence-electron chi connectivity index (χ1n) is 7.55. The third-order valence-electron chi connectivity index (χ3n) is 4.65. The highest BCUT2D eigenvalue weighted by molar-refractivity contribution is 7.85. The Kier molecular flexibility index (Phi) is 5.25. The van der Waals surface area contributed by atoms with Crippen molar-refractivity contribution in [2.75, 3.05) is 12.4 Å². The predicted octanol–water partition coefficient (Wildman–Crippen LogP) is 3.37. The van der Waals surface area contributed by atoms with Gasteiger partial charge in [-0.15, -0.1) is 0 Å². The number of ether oxygens (including phenoxy) is 1. The fourth-order valence-corrected chi connectivity index (χ4v) is 5.57. The van der Waals surface area contributed by atoms with E-state index in [1.54, 1.807) is 0 Å². The van der Waals surface area contributed by atoms with Crippen LogP contribution in [-0.2, 0) is 15.5 Å². The van der Waals surface area contributed by atoms with Crippen LogP contribution in [0, 0.1) is 17.8 Å². The third kappa shape index (κ3) is 3.80. The van der Waals surface area contributed by atoms with Crippen LogP contribution in [0.1, 0.15) is 52.9 Å². The second-order valence-electron chi connectivity index (χ2n) is 6.56. The van der Waals surface area contributed by atoms with Crippen LogP contribution in [0.2, 0.25) is 0 Å². The molecule has 18 heavy (non-hydrogen) atoms. The van der Waals surface area contributed by atoms with Crippen LogP contribution in [0.25, 0.3) is 0 Å². The average Bonchev–Trinajstić information content (AvgIpc) is 2.71. The molecular formula is C15H28O2S. The molecule has 2 nitrogen and oxygen atoms in total. The van der Waals surface area contributed by atoms with Gasteiger partial charge in [0.25, 0.3) is 0 Å². The third-order valence-corrected chi connectivity index (χ3v) is 6.58. The normalized spacial score (nSPS) is 42.9. The summed E-state index contributed by atoms with van der Waals surface area (Å²) >= 11 is 0. The summed E-state index contributed by atoms with van der Waals surface area (Å²) in [5, 5.41) is 0.295. The van der Waals surface area contributed by atoms with Crippen LogP contribution in [0.4, 0.5) is 0 Å². The molecule has 0 aromatic carbocycles. The summed E-state index contributed by atoms with van der Waals surface area (Å²) in [6.07, 6.45) is 6.43. The molecule has 1 heterocycles. The molecule has 1 aliphatic carbocycles. The Morgan fingerprint density at radius 3 is 2.33 bits per heavy atom. The van der Waals surface area contributed by atoms with E-state index in [0.717, 1.165) is 43.0 Å². The molecule has 0 aromatic rings. The van der Waals surface area contributed by atoms with E-state index < -0.39 is 10.8 Å². The molecule has 2 rings (SSSR count). The lowest BCUT2D eigenvalue weighted by Crippen LogP contribution is -2.27. The predicted molar refractivity (Wildman–Crippen MR) is 77.1 cm³/mol. The zero-order chi connectivity index (χ0) is 13.1. The lowest BCUT2D eigenvalue weighted by Gasteiger charge is -2.31. The van der Waals surface area contributed by atoms with Gasteiger partial charge in [0.05, 0.1) is 11.4 Å². The van der Waals surface area contributed by atoms with Crippen molar-refractivity contribution in [3.8, 4) is 0 Å². The van der Waals surface area contributed by atoms with Crippen molar-refractivity contribution >= 4 is 10.8 Å². The Morgan fingerprint density at radius 2 is 1.78 bits per heavy atom. The largest absolute Gasteiger partial charge is 0.377 e. The highest BCUT2D eigenvalue weighted by Gasteiger charge is 2.30. The number of hydrogen-bond donors (Lipinski definition) is 0. The minimum Gasteiger partial charge on any atom is -0.377 e. The van der Waals surface area contributed by atoms with E-state index in [-0.39, 0.29) is 6.10 Å². The van der Waals surface area contributed by atoms with E-state index in [1.165, 1.54) is 19.3 Å². The van der Waals surface area contributed by atoms with E-state index in [9.17, 15) is 4.21 Å². The molecule has 106 valence electrons. The lowest BCUT2D eigenvalue weighted by molar-refractivity contribution is 0.127. The molecule has 0 spiro atoms. The second kappa shape index (κ2) is 6.51. The molecule has 0 N–H and O–H groups in total. The van der Waals surface area contributed by atoms with Crippen LogP contribution in [0.15, 0.2) is 0 Å². The first kappa shape index (κ1) is 14.5. The van der Waals surface area contributed by atoms with Gasteiger partial charge in [-0.25, -0.2) is 0 Å². The molecule has 3 heteroatoms. The topological polar surface area (TPSA) is 26.3 Å². The van der Waals surface area contributed by atoms with Gasteiger partial charge in [0.1, 0.15) is 0 Å². The Balaban J connectivity index is 1.75. The monoisotopic (exact) mass is 272 g/mol. The smallest absolute Gasteiger partial charge is 0.0691 e. The highest BCUT2D eigenvalue weighted by Crippen LogP contribution is 2.35. The maximum atomic E-state index is 12.3. The number of hydrogen-bond acceptors (Lipinski definition) is 2. The van der Waals surface area contributed by atoms with E-state index in [0.29, 0.717) is 5.25 Å². The van der Waals surface area contributed by atoms with E-state index >= 15 is 0 Å². The summed E-state index contributed by atoms with van der Waals surface area (Å²) in [5.74, 6) is 3.43. The van der Waals surface area contributed by atoms with Crippen molar-refractivity contribution in [1.29, 1.82) is 0 Å². The van der Waals surface area contributed by atoms with Crippen molar-refractivity contribution < 1.29 is 8.95 Å². The summed E-state index contributed by atoms with van der Waals surface area (Å²) in [5.41, 5.74) is 0. The van der Waals surface area contributed by atoms with Gasteiger partial charge in [0, 0.05) is 23.2 Å². The molecule has 0 radical (unpaired) electrons. The summed E-state index contributed by atoms with van der Waals surface area (Å²) in [4.78, 5) is 0. The highest BCUT2D eigenvalue weighted by atomic mass is 32.2. The summed E-state index contributed by atoms with van der Waals surface area (Å²) in [7, 11) is -0.675. The van der Waals surface area contributed by atoms with Crippen LogP contribution >= 0.6 is 0 Å². The first-order valence-corrected chi connectivity index (χ1v) is 8.93. The Morgan fingerprint density at radius 1 is 1.11 bits per heavy atom. The maximum Gasteiger partial charge on any atom is 0.0691 e. The van der Waals surface area contributed by atoms with E-state index in [2.05, 4.69) is 20.8 Å². The molecule has 2 aliphatic rings. The molecule has 1 saturated heterocycles. The molecule has 1 saturated carbocycles. The Hall–Kier alpha value is 0.110. The van der Waals surface area contributed by atoms with Gasteiger partial charge < -0.3 is 4.74 Å². The van der Waals surface area contributed by atoms with Crippen molar-refractivity contribution in [2.24, 2.45) is 17.8 Å². The second-order valence-corrected chi connectivity index (χ2v) is 8.34. The lowest BCUT2D eigenvalue weighted by atomic mass is 9.76. The van der Waals surface area contributed by atoms with Crippen LogP contribution in [0.3, 0.4) is 0 Å². The summed E-state index contributed by atoms with van der Waals surface area (Å²) in [6, 6.07) is 0. The molecule has 0 bridgehead atoms. The SMILES string of the molecule is C[C@@H]1CC(CC[S@](=O)[C@@H]2CCO[C@H]2C)C[C@H](C)C1. The minimum atomic E-state index is -0.675. The maximum absolute atomic E-state index is 12.3. The molecule has 1 aliphatic heterocycles. The molecule has 6 atom stereocenters. The van der Waals surface area contributed by atoms with Gasteiger partial charge in [-0.3, -0.25) is 4.21 Å². The molecule has 2 fully saturated rings. The van der Waals surface area contributed by atoms with Gasteiger partial charge in [0.2, 0.25) is 0 Å². The fraction of sp³-hybridized carbons (Fsp3) is 1.00. The van der Waals surface area contributed by atoms with E-state index in [1.807, 2.05) is 0 Å². The first-order chi connectivity index (χ1) is 8.56. The van der Waals surface area contributed by atoms with E-state index in [4.69, 9.17) is 4.74 Å². The summed E-state index contributed by atoms with van der Waals surface area (Å²) < 4.78 is 17.8. The van der Waals surface area contributed by atoms with Crippen LogP contribution in [0.5, 0.6) is 0 Å². The van der Waals surface area contributed by atoms with Crippen molar-refractivity contribution in [1.82, 2.24) is 0 Å². The zero-order valence-electron chi connectivity index (χ0n) is 12.1. The van der Waals surface area contributed by atoms with Crippen molar-refractivity contribution in [2.45, 2.75) is 64.2 Å². The Bertz CT molecular complexity index is 282. The Labute approximate surface area is 114 Å². The summed E-state index contributed by atoms with van der Waals surface area (Å²) in [6.45, 7) is 7.61. The molecule has 0 aromatic heterocycles. The standard InChI is InChI=1S/C15H28O2S/c1-11-8-12(2)10-14(9-11)5-7-18(16)15-4-6-17-13(15)3/h11-15H,4-10H2,1-3H3/t11-,12+,13-,14?,15+,18-/m0/s1. The van der Waals surface area contributed by atoms with Crippen LogP contribution in [-0.4, -0.2) is 27.9 Å². The van der Waals surface area contributed by atoms with Gasteiger partial charge in [-0.2, -0.15) is 0 Å². The number of rotatable bonds is 4. The van der Waals surface area contributed by atoms with Gasteiger partial charge in [-0.05, 0) is 56.8 Å². The van der Waals surface area contributed by atoms with Gasteiger partial charge in [-0.1, -0.05) is 13.8 Å². The average molecular weight is 272 g/mol. The quantitative estimate of drug-likeness (QED) is 0.784. The van der Waals surface area contributed by atoms with Crippen LogP contribution < -0.4 is 0 Å².